The molecule has 19 heavy (non-hydrogen) atoms. The Morgan fingerprint density at radius 2 is 2.26 bits per heavy atom. The number of ether oxygens (including phenoxy) is 1. The van der Waals surface area contributed by atoms with Gasteiger partial charge in [0.15, 0.2) is 9.84 Å². The minimum absolute atomic E-state index is 0.0137. The van der Waals surface area contributed by atoms with E-state index in [1.54, 1.807) is 0 Å². The van der Waals surface area contributed by atoms with Gasteiger partial charge >= 0.3 is 0 Å². The SMILES string of the molecule is Cc1cccc(OCC(CO)C2CCS(=O)(=O)C2)c1. The van der Waals surface area contributed by atoms with E-state index in [4.69, 9.17) is 4.74 Å². The van der Waals surface area contributed by atoms with Crippen LogP contribution in [0.2, 0.25) is 0 Å². The molecule has 1 heterocycles. The third-order valence-electron chi connectivity index (χ3n) is 3.62. The normalized spacial score (nSPS) is 23.2. The van der Waals surface area contributed by atoms with Crippen molar-refractivity contribution in [2.45, 2.75) is 13.3 Å². The average molecular weight is 284 g/mol. The molecule has 2 atom stereocenters. The molecule has 1 aliphatic rings. The molecule has 1 fully saturated rings. The maximum Gasteiger partial charge on any atom is 0.150 e. The summed E-state index contributed by atoms with van der Waals surface area (Å²) in [7, 11) is -2.91. The minimum atomic E-state index is -2.91. The predicted molar refractivity (Wildman–Crippen MR) is 74.0 cm³/mol. The molecule has 0 bridgehead atoms. The number of hydrogen-bond acceptors (Lipinski definition) is 4. The van der Waals surface area contributed by atoms with Crippen LogP contribution in [0.3, 0.4) is 0 Å². The molecular weight excluding hydrogens is 264 g/mol. The van der Waals surface area contributed by atoms with Gasteiger partial charge in [-0.1, -0.05) is 12.1 Å². The molecule has 4 nitrogen and oxygen atoms in total. The highest BCUT2D eigenvalue weighted by molar-refractivity contribution is 7.91. The molecule has 2 rings (SSSR count). The fourth-order valence-corrected chi connectivity index (χ4v) is 4.36. The molecule has 1 aromatic carbocycles. The van der Waals surface area contributed by atoms with E-state index in [-0.39, 0.29) is 29.9 Å². The molecular formula is C14H20O4S. The fourth-order valence-electron chi connectivity index (χ4n) is 2.44. The van der Waals surface area contributed by atoms with Crippen LogP contribution in [0.4, 0.5) is 0 Å². The second kappa shape index (κ2) is 5.92. The van der Waals surface area contributed by atoms with Crippen molar-refractivity contribution < 1.29 is 18.3 Å². The Balaban J connectivity index is 1.93. The number of hydrogen-bond donors (Lipinski definition) is 1. The first-order chi connectivity index (χ1) is 9.00. The molecule has 0 aliphatic carbocycles. The van der Waals surface area contributed by atoms with Crippen molar-refractivity contribution in [1.82, 2.24) is 0 Å². The summed E-state index contributed by atoms with van der Waals surface area (Å²) in [5, 5.41) is 9.41. The van der Waals surface area contributed by atoms with Gasteiger partial charge in [-0.2, -0.15) is 0 Å². The lowest BCUT2D eigenvalue weighted by Crippen LogP contribution is -2.26. The highest BCUT2D eigenvalue weighted by Gasteiger charge is 2.33. The number of aliphatic hydroxyl groups is 1. The van der Waals surface area contributed by atoms with E-state index < -0.39 is 9.84 Å². The van der Waals surface area contributed by atoms with Crippen molar-refractivity contribution in [3.05, 3.63) is 29.8 Å². The zero-order chi connectivity index (χ0) is 13.9. The second-order valence-electron chi connectivity index (χ2n) is 5.23. The van der Waals surface area contributed by atoms with Crippen LogP contribution in [0.1, 0.15) is 12.0 Å². The molecule has 2 unspecified atom stereocenters. The Labute approximate surface area is 114 Å². The van der Waals surface area contributed by atoms with E-state index in [2.05, 4.69) is 0 Å². The summed E-state index contributed by atoms with van der Waals surface area (Å²) in [6, 6.07) is 7.70. The van der Waals surface area contributed by atoms with E-state index in [0.29, 0.717) is 13.0 Å². The third-order valence-corrected chi connectivity index (χ3v) is 5.42. The van der Waals surface area contributed by atoms with Crippen LogP contribution in [0.5, 0.6) is 5.75 Å². The molecule has 0 spiro atoms. The van der Waals surface area contributed by atoms with E-state index >= 15 is 0 Å². The molecule has 0 radical (unpaired) electrons. The largest absolute Gasteiger partial charge is 0.493 e. The summed E-state index contributed by atoms with van der Waals surface area (Å²) < 4.78 is 28.6. The quantitative estimate of drug-likeness (QED) is 0.888. The predicted octanol–water partition coefficient (Wildman–Crippen LogP) is 1.42. The monoisotopic (exact) mass is 284 g/mol. The van der Waals surface area contributed by atoms with Crippen LogP contribution in [0.25, 0.3) is 0 Å². The van der Waals surface area contributed by atoms with Gasteiger partial charge < -0.3 is 9.84 Å². The third kappa shape index (κ3) is 3.94. The van der Waals surface area contributed by atoms with Crippen LogP contribution < -0.4 is 4.74 Å². The molecule has 5 heteroatoms. The van der Waals surface area contributed by atoms with Gasteiger partial charge in [0.2, 0.25) is 0 Å². The average Bonchev–Trinajstić information content (AvgIpc) is 2.71. The van der Waals surface area contributed by atoms with Crippen LogP contribution in [0.15, 0.2) is 24.3 Å². The van der Waals surface area contributed by atoms with Crippen LogP contribution in [0, 0.1) is 18.8 Å². The van der Waals surface area contributed by atoms with Crippen molar-refractivity contribution in [2.24, 2.45) is 11.8 Å². The van der Waals surface area contributed by atoms with Crippen LogP contribution in [-0.4, -0.2) is 38.2 Å². The standard InChI is InChI=1S/C14H20O4S/c1-11-3-2-4-14(7-11)18-9-13(8-15)12-5-6-19(16,17)10-12/h2-4,7,12-13,15H,5-6,8-10H2,1H3. The van der Waals surface area contributed by atoms with E-state index in [1.807, 2.05) is 31.2 Å². The summed E-state index contributed by atoms with van der Waals surface area (Å²) in [5.74, 6) is 1.07. The Morgan fingerprint density at radius 1 is 1.47 bits per heavy atom. The smallest absolute Gasteiger partial charge is 0.150 e. The lowest BCUT2D eigenvalue weighted by molar-refractivity contribution is 0.126. The summed E-state index contributed by atoms with van der Waals surface area (Å²) in [5.41, 5.74) is 1.11. The van der Waals surface area contributed by atoms with Crippen LogP contribution in [-0.2, 0) is 9.84 Å². The van der Waals surface area contributed by atoms with Crippen LogP contribution >= 0.6 is 0 Å². The Bertz CT molecular complexity index is 524. The number of aliphatic hydroxyl groups excluding tert-OH is 1. The number of sulfone groups is 1. The fraction of sp³-hybridized carbons (Fsp3) is 0.571. The molecule has 1 saturated heterocycles. The molecule has 0 saturated carbocycles. The van der Waals surface area contributed by atoms with Gasteiger partial charge in [-0.3, -0.25) is 0 Å². The molecule has 0 amide bonds. The lowest BCUT2D eigenvalue weighted by atomic mass is 9.93. The molecule has 1 aromatic rings. The second-order valence-corrected chi connectivity index (χ2v) is 7.46. The van der Waals surface area contributed by atoms with E-state index in [0.717, 1.165) is 11.3 Å². The first-order valence-electron chi connectivity index (χ1n) is 6.51. The summed E-state index contributed by atoms with van der Waals surface area (Å²) in [6.07, 6.45) is 0.630. The van der Waals surface area contributed by atoms with Crippen molar-refractivity contribution in [3.63, 3.8) is 0 Å². The maximum atomic E-state index is 11.5. The molecule has 1 aliphatic heterocycles. The number of rotatable bonds is 5. The Kier molecular flexibility index (Phi) is 4.47. The van der Waals surface area contributed by atoms with Gasteiger partial charge in [-0.05, 0) is 37.0 Å². The Hall–Kier alpha value is -1.07. The Morgan fingerprint density at radius 3 is 2.84 bits per heavy atom. The van der Waals surface area contributed by atoms with Crippen molar-refractivity contribution in [1.29, 1.82) is 0 Å². The minimum Gasteiger partial charge on any atom is -0.493 e. The zero-order valence-electron chi connectivity index (χ0n) is 11.1. The van der Waals surface area contributed by atoms with Gasteiger partial charge in [0.1, 0.15) is 5.75 Å². The van der Waals surface area contributed by atoms with Gasteiger partial charge in [0.05, 0.1) is 18.1 Å². The summed E-state index contributed by atoms with van der Waals surface area (Å²) >= 11 is 0. The number of aryl methyl sites for hydroxylation is 1. The van der Waals surface area contributed by atoms with Crippen molar-refractivity contribution in [2.75, 3.05) is 24.7 Å². The zero-order valence-corrected chi connectivity index (χ0v) is 11.9. The topological polar surface area (TPSA) is 63.6 Å². The molecule has 106 valence electrons. The number of benzene rings is 1. The highest BCUT2D eigenvalue weighted by Crippen LogP contribution is 2.26. The van der Waals surface area contributed by atoms with Gasteiger partial charge in [0.25, 0.3) is 0 Å². The maximum absolute atomic E-state index is 11.5. The molecule has 1 N–H and O–H groups in total. The lowest BCUT2D eigenvalue weighted by Gasteiger charge is -2.20. The van der Waals surface area contributed by atoms with Crippen molar-refractivity contribution >= 4 is 9.84 Å². The molecule has 0 aromatic heterocycles. The first kappa shape index (κ1) is 14.3. The van der Waals surface area contributed by atoms with Crippen molar-refractivity contribution in [3.8, 4) is 5.75 Å². The van der Waals surface area contributed by atoms with E-state index in [1.165, 1.54) is 0 Å². The van der Waals surface area contributed by atoms with Gasteiger partial charge in [-0.15, -0.1) is 0 Å². The van der Waals surface area contributed by atoms with E-state index in [9.17, 15) is 13.5 Å². The van der Waals surface area contributed by atoms with Gasteiger partial charge in [0, 0.05) is 12.5 Å². The first-order valence-corrected chi connectivity index (χ1v) is 8.33. The van der Waals surface area contributed by atoms with Gasteiger partial charge in [-0.25, -0.2) is 8.42 Å². The summed E-state index contributed by atoms with van der Waals surface area (Å²) in [4.78, 5) is 0. The highest BCUT2D eigenvalue weighted by atomic mass is 32.2. The summed E-state index contributed by atoms with van der Waals surface area (Å²) in [6.45, 7) is 2.31.